The molecule has 1 aromatic heterocycles. The Hall–Kier alpha value is -1.17. The molecule has 3 N–H and O–H groups in total. The van der Waals surface area contributed by atoms with Crippen molar-refractivity contribution >= 4 is 5.82 Å². The molecule has 0 bridgehead atoms. The molecule has 0 aliphatic carbocycles. The van der Waals surface area contributed by atoms with Crippen LogP contribution in [-0.4, -0.2) is 42.5 Å². The predicted molar refractivity (Wildman–Crippen MR) is 61.2 cm³/mol. The number of nitrogens with two attached hydrogens (primary N) is 1. The Balaban J connectivity index is 2.10. The van der Waals surface area contributed by atoms with E-state index in [4.69, 9.17) is 15.6 Å². The van der Waals surface area contributed by atoms with E-state index in [-0.39, 0.29) is 12.7 Å². The highest BCUT2D eigenvalue weighted by Gasteiger charge is 2.20. The fourth-order valence-electron chi connectivity index (χ4n) is 1.79. The molecule has 0 saturated carbocycles. The molecule has 1 aliphatic heterocycles. The quantitative estimate of drug-likeness (QED) is 0.738. The second-order valence-electron chi connectivity index (χ2n) is 3.81. The Morgan fingerprint density at radius 1 is 1.56 bits per heavy atom. The number of rotatable bonds is 3. The van der Waals surface area contributed by atoms with Crippen LogP contribution in [0, 0.1) is 0 Å². The Bertz CT molecular complexity index is 346. The summed E-state index contributed by atoms with van der Waals surface area (Å²) >= 11 is 0. The van der Waals surface area contributed by atoms with Crippen molar-refractivity contribution in [2.45, 2.75) is 12.6 Å². The maximum atomic E-state index is 9.06. The van der Waals surface area contributed by atoms with Gasteiger partial charge >= 0.3 is 0 Å². The van der Waals surface area contributed by atoms with E-state index in [1.54, 1.807) is 0 Å². The molecule has 2 heterocycles. The van der Waals surface area contributed by atoms with Gasteiger partial charge in [-0.2, -0.15) is 0 Å². The maximum absolute atomic E-state index is 9.06. The van der Waals surface area contributed by atoms with Crippen LogP contribution in [0.15, 0.2) is 18.2 Å². The van der Waals surface area contributed by atoms with Crippen LogP contribution in [0.3, 0.4) is 0 Å². The Morgan fingerprint density at radius 2 is 2.44 bits per heavy atom. The molecule has 1 fully saturated rings. The molecule has 5 nitrogen and oxygen atoms in total. The van der Waals surface area contributed by atoms with Crippen LogP contribution in [0.4, 0.5) is 5.82 Å². The second-order valence-corrected chi connectivity index (χ2v) is 3.81. The SMILES string of the molecule is NCc1cccc(N2CCOC(CO)C2)n1. The van der Waals surface area contributed by atoms with E-state index in [0.29, 0.717) is 19.7 Å². The van der Waals surface area contributed by atoms with Crippen molar-refractivity contribution in [3.8, 4) is 0 Å². The summed E-state index contributed by atoms with van der Waals surface area (Å²) in [6.45, 7) is 2.60. The molecule has 16 heavy (non-hydrogen) atoms. The van der Waals surface area contributed by atoms with Crippen LogP contribution in [0.5, 0.6) is 0 Å². The van der Waals surface area contributed by atoms with Gasteiger partial charge < -0.3 is 20.5 Å². The zero-order chi connectivity index (χ0) is 11.4. The van der Waals surface area contributed by atoms with Crippen molar-refractivity contribution in [3.05, 3.63) is 23.9 Å². The first-order valence-electron chi connectivity index (χ1n) is 5.47. The average molecular weight is 223 g/mol. The summed E-state index contributed by atoms with van der Waals surface area (Å²) < 4.78 is 5.39. The van der Waals surface area contributed by atoms with Crippen LogP contribution >= 0.6 is 0 Å². The van der Waals surface area contributed by atoms with Gasteiger partial charge in [-0.3, -0.25) is 0 Å². The minimum absolute atomic E-state index is 0.0487. The van der Waals surface area contributed by atoms with Gasteiger partial charge in [0.15, 0.2) is 0 Å². The highest BCUT2D eigenvalue weighted by Crippen LogP contribution is 2.15. The highest BCUT2D eigenvalue weighted by molar-refractivity contribution is 5.39. The summed E-state index contributed by atoms with van der Waals surface area (Å²) in [5, 5.41) is 9.06. The number of aliphatic hydroxyl groups is 1. The average Bonchev–Trinajstić information content (AvgIpc) is 2.39. The lowest BCUT2D eigenvalue weighted by Crippen LogP contribution is -2.44. The molecule has 0 radical (unpaired) electrons. The first-order chi connectivity index (χ1) is 7.83. The van der Waals surface area contributed by atoms with Gasteiger partial charge in [0.05, 0.1) is 25.0 Å². The van der Waals surface area contributed by atoms with Crippen LogP contribution in [0.25, 0.3) is 0 Å². The van der Waals surface area contributed by atoms with E-state index >= 15 is 0 Å². The Morgan fingerprint density at radius 3 is 3.19 bits per heavy atom. The van der Waals surface area contributed by atoms with Crippen LogP contribution in [0.1, 0.15) is 5.69 Å². The van der Waals surface area contributed by atoms with Gasteiger partial charge in [-0.1, -0.05) is 6.07 Å². The summed E-state index contributed by atoms with van der Waals surface area (Å²) in [5.41, 5.74) is 6.44. The summed E-state index contributed by atoms with van der Waals surface area (Å²) in [4.78, 5) is 6.56. The maximum Gasteiger partial charge on any atom is 0.129 e. The zero-order valence-corrected chi connectivity index (χ0v) is 9.17. The third kappa shape index (κ3) is 2.49. The molecule has 0 spiro atoms. The van der Waals surface area contributed by atoms with Gasteiger partial charge in [0.25, 0.3) is 0 Å². The van der Waals surface area contributed by atoms with Crippen molar-refractivity contribution < 1.29 is 9.84 Å². The van der Waals surface area contributed by atoms with E-state index in [2.05, 4.69) is 9.88 Å². The predicted octanol–water partition coefficient (Wildman–Crippen LogP) is -0.262. The fourth-order valence-corrected chi connectivity index (χ4v) is 1.79. The summed E-state index contributed by atoms with van der Waals surface area (Å²) in [5.74, 6) is 0.907. The van der Waals surface area contributed by atoms with E-state index in [1.807, 2.05) is 18.2 Å². The largest absolute Gasteiger partial charge is 0.394 e. The Kier molecular flexibility index (Phi) is 3.71. The van der Waals surface area contributed by atoms with Crippen molar-refractivity contribution in [1.29, 1.82) is 0 Å². The summed E-state index contributed by atoms with van der Waals surface area (Å²) in [6.07, 6.45) is -0.114. The Labute approximate surface area is 94.8 Å². The van der Waals surface area contributed by atoms with E-state index in [9.17, 15) is 0 Å². The number of nitrogens with zero attached hydrogens (tertiary/aromatic N) is 2. The van der Waals surface area contributed by atoms with Gasteiger partial charge in [0.2, 0.25) is 0 Å². The first kappa shape index (κ1) is 11.3. The summed E-state index contributed by atoms with van der Waals surface area (Å²) in [7, 11) is 0. The molecule has 1 aromatic rings. The lowest BCUT2D eigenvalue weighted by molar-refractivity contribution is 0.00335. The lowest BCUT2D eigenvalue weighted by Gasteiger charge is -2.33. The number of anilines is 1. The number of hydrogen-bond acceptors (Lipinski definition) is 5. The third-order valence-electron chi connectivity index (χ3n) is 2.67. The lowest BCUT2D eigenvalue weighted by atomic mass is 10.2. The smallest absolute Gasteiger partial charge is 0.129 e. The minimum atomic E-state index is -0.114. The molecule has 1 unspecified atom stereocenters. The van der Waals surface area contributed by atoms with Crippen LogP contribution in [-0.2, 0) is 11.3 Å². The van der Waals surface area contributed by atoms with Crippen molar-refractivity contribution in [2.75, 3.05) is 31.2 Å². The van der Waals surface area contributed by atoms with Gasteiger partial charge in [0, 0.05) is 19.6 Å². The number of morpholine rings is 1. The number of aliphatic hydroxyl groups excluding tert-OH is 1. The van der Waals surface area contributed by atoms with Crippen molar-refractivity contribution in [2.24, 2.45) is 5.73 Å². The molecule has 0 amide bonds. The standard InChI is InChI=1S/C11H17N3O2/c12-6-9-2-1-3-11(13-9)14-4-5-16-10(7-14)8-15/h1-3,10,15H,4-8,12H2. The zero-order valence-electron chi connectivity index (χ0n) is 9.17. The molecular formula is C11H17N3O2. The van der Waals surface area contributed by atoms with E-state index in [0.717, 1.165) is 18.1 Å². The molecule has 88 valence electrons. The highest BCUT2D eigenvalue weighted by atomic mass is 16.5. The molecular weight excluding hydrogens is 206 g/mol. The molecule has 1 saturated heterocycles. The monoisotopic (exact) mass is 223 g/mol. The van der Waals surface area contributed by atoms with Crippen molar-refractivity contribution in [1.82, 2.24) is 4.98 Å². The van der Waals surface area contributed by atoms with E-state index in [1.165, 1.54) is 0 Å². The number of pyridine rings is 1. The molecule has 5 heteroatoms. The number of aromatic nitrogens is 1. The van der Waals surface area contributed by atoms with Gasteiger partial charge in [-0.15, -0.1) is 0 Å². The molecule has 1 aliphatic rings. The molecule has 1 atom stereocenters. The van der Waals surface area contributed by atoms with Crippen LogP contribution < -0.4 is 10.6 Å². The minimum Gasteiger partial charge on any atom is -0.394 e. The van der Waals surface area contributed by atoms with E-state index < -0.39 is 0 Å². The number of ether oxygens (including phenoxy) is 1. The number of hydrogen-bond donors (Lipinski definition) is 2. The summed E-state index contributed by atoms with van der Waals surface area (Å²) in [6, 6.07) is 5.82. The van der Waals surface area contributed by atoms with Crippen molar-refractivity contribution in [3.63, 3.8) is 0 Å². The first-order valence-corrected chi connectivity index (χ1v) is 5.47. The van der Waals surface area contributed by atoms with Gasteiger partial charge in [-0.25, -0.2) is 4.98 Å². The third-order valence-corrected chi connectivity index (χ3v) is 2.67. The fraction of sp³-hybridized carbons (Fsp3) is 0.545. The normalized spacial score (nSPS) is 21.1. The molecule has 0 aromatic carbocycles. The topological polar surface area (TPSA) is 71.6 Å². The second kappa shape index (κ2) is 5.25. The van der Waals surface area contributed by atoms with Crippen LogP contribution in [0.2, 0.25) is 0 Å². The van der Waals surface area contributed by atoms with Gasteiger partial charge in [-0.05, 0) is 12.1 Å². The van der Waals surface area contributed by atoms with Gasteiger partial charge in [0.1, 0.15) is 5.82 Å². The molecule has 2 rings (SSSR count).